The van der Waals surface area contributed by atoms with Crippen LogP contribution in [0.25, 0.3) is 0 Å². The summed E-state index contributed by atoms with van der Waals surface area (Å²) in [5, 5.41) is 2.65. The van der Waals surface area contributed by atoms with Crippen LogP contribution in [0.4, 0.5) is 5.69 Å². The summed E-state index contributed by atoms with van der Waals surface area (Å²) >= 11 is 0. The third-order valence-electron chi connectivity index (χ3n) is 2.67. The molecule has 0 aliphatic rings. The minimum atomic E-state index is -0.668. The molecular weight excluding hydrogens is 234 g/mol. The van der Waals surface area contributed by atoms with Crippen LogP contribution >= 0.6 is 0 Å². The molecule has 1 aromatic rings. The molecule has 3 N–H and O–H groups in total. The van der Waals surface area contributed by atoms with E-state index in [1.807, 2.05) is 13.8 Å². The number of rotatable bonds is 4. The molecule has 1 heterocycles. The van der Waals surface area contributed by atoms with Gasteiger partial charge in [-0.3, -0.25) is 4.79 Å². The van der Waals surface area contributed by atoms with E-state index in [4.69, 9.17) is 5.73 Å². The van der Waals surface area contributed by atoms with Crippen LogP contribution in [-0.2, 0) is 16.6 Å². The molecule has 0 radical (unpaired) electrons. The first-order valence-electron chi connectivity index (χ1n) is 5.67. The molecule has 0 aliphatic carbocycles. The summed E-state index contributed by atoms with van der Waals surface area (Å²) in [4.78, 5) is 23.6. The molecule has 0 spiro atoms. The second-order valence-corrected chi connectivity index (χ2v) is 4.49. The van der Waals surface area contributed by atoms with E-state index in [1.54, 1.807) is 23.9 Å². The number of carbonyl (C=O) groups excluding carboxylic acids is 2. The van der Waals surface area contributed by atoms with Gasteiger partial charge in [0.2, 0.25) is 0 Å². The fourth-order valence-electron chi connectivity index (χ4n) is 1.66. The summed E-state index contributed by atoms with van der Waals surface area (Å²) in [5.41, 5.74) is 6.51. The van der Waals surface area contributed by atoms with Crippen molar-refractivity contribution in [3.63, 3.8) is 0 Å². The number of nitrogen functional groups attached to an aromatic ring is 1. The van der Waals surface area contributed by atoms with Crippen LogP contribution < -0.4 is 11.1 Å². The number of aryl methyl sites for hydroxylation is 1. The number of hydrogen-bond donors (Lipinski definition) is 2. The molecule has 0 bridgehead atoms. The second-order valence-electron chi connectivity index (χ2n) is 4.49. The van der Waals surface area contributed by atoms with Crippen LogP contribution in [0.5, 0.6) is 0 Å². The largest absolute Gasteiger partial charge is 0.467 e. The summed E-state index contributed by atoms with van der Waals surface area (Å²) in [5.74, 6) is -0.863. The molecule has 1 rings (SSSR count). The maximum Gasteiger partial charge on any atom is 0.328 e. The third-order valence-corrected chi connectivity index (χ3v) is 2.67. The highest BCUT2D eigenvalue weighted by Gasteiger charge is 2.26. The smallest absolute Gasteiger partial charge is 0.328 e. The first-order chi connectivity index (χ1) is 8.36. The molecule has 0 fully saturated rings. The van der Waals surface area contributed by atoms with Gasteiger partial charge in [0.05, 0.1) is 12.8 Å². The number of nitrogens with two attached hydrogens (primary N) is 1. The SMILES string of the molecule is COC(=O)C(NC(=O)c1cc(N)cn1C)C(C)C. The molecule has 6 heteroatoms. The van der Waals surface area contributed by atoms with E-state index in [9.17, 15) is 9.59 Å². The normalized spacial score (nSPS) is 12.3. The van der Waals surface area contributed by atoms with Crippen molar-refractivity contribution in [2.75, 3.05) is 12.8 Å². The Balaban J connectivity index is 2.85. The van der Waals surface area contributed by atoms with Gasteiger partial charge in [-0.05, 0) is 12.0 Å². The van der Waals surface area contributed by atoms with Crippen molar-refractivity contribution < 1.29 is 14.3 Å². The number of methoxy groups -OCH3 is 1. The van der Waals surface area contributed by atoms with Gasteiger partial charge in [0.25, 0.3) is 5.91 Å². The van der Waals surface area contributed by atoms with Crippen molar-refractivity contribution in [3.05, 3.63) is 18.0 Å². The molecule has 1 aromatic heterocycles. The average Bonchev–Trinajstić information content (AvgIpc) is 2.63. The average molecular weight is 253 g/mol. The van der Waals surface area contributed by atoms with E-state index < -0.39 is 12.0 Å². The van der Waals surface area contributed by atoms with Crippen molar-refractivity contribution in [2.45, 2.75) is 19.9 Å². The molecule has 6 nitrogen and oxygen atoms in total. The standard InChI is InChI=1S/C12H19N3O3/c1-7(2)10(12(17)18-4)14-11(16)9-5-8(13)6-15(9)3/h5-7,10H,13H2,1-4H3,(H,14,16). The molecule has 0 aromatic carbocycles. The number of esters is 1. The highest BCUT2D eigenvalue weighted by atomic mass is 16.5. The van der Waals surface area contributed by atoms with E-state index in [2.05, 4.69) is 10.1 Å². The zero-order valence-corrected chi connectivity index (χ0v) is 11.1. The van der Waals surface area contributed by atoms with Gasteiger partial charge >= 0.3 is 5.97 Å². The summed E-state index contributed by atoms with van der Waals surface area (Å²) in [6, 6.07) is 0.892. The Morgan fingerprint density at radius 2 is 2.06 bits per heavy atom. The maximum absolute atomic E-state index is 12.0. The van der Waals surface area contributed by atoms with Crippen molar-refractivity contribution in [2.24, 2.45) is 13.0 Å². The Hall–Kier alpha value is -1.98. The fraction of sp³-hybridized carbons (Fsp3) is 0.500. The lowest BCUT2D eigenvalue weighted by molar-refractivity contribution is -0.144. The van der Waals surface area contributed by atoms with Crippen LogP contribution in [0.1, 0.15) is 24.3 Å². The van der Waals surface area contributed by atoms with Crippen molar-refractivity contribution in [3.8, 4) is 0 Å². The molecule has 18 heavy (non-hydrogen) atoms. The van der Waals surface area contributed by atoms with Gasteiger partial charge in [-0.1, -0.05) is 13.8 Å². The maximum atomic E-state index is 12.0. The lowest BCUT2D eigenvalue weighted by atomic mass is 10.0. The topological polar surface area (TPSA) is 86.3 Å². The number of nitrogens with one attached hydrogen (secondary N) is 1. The summed E-state index contributed by atoms with van der Waals surface area (Å²) < 4.78 is 6.27. The Labute approximate surface area is 106 Å². The number of anilines is 1. The molecule has 0 aliphatic heterocycles. The van der Waals surface area contributed by atoms with Crippen LogP contribution in [0.3, 0.4) is 0 Å². The van der Waals surface area contributed by atoms with Gasteiger partial charge < -0.3 is 20.4 Å². The minimum Gasteiger partial charge on any atom is -0.467 e. The first kappa shape index (κ1) is 14.1. The Bertz CT molecular complexity index is 451. The van der Waals surface area contributed by atoms with Crippen LogP contribution in [0, 0.1) is 5.92 Å². The fourth-order valence-corrected chi connectivity index (χ4v) is 1.66. The molecule has 1 atom stereocenters. The lowest BCUT2D eigenvalue weighted by Crippen LogP contribution is -2.45. The van der Waals surface area contributed by atoms with Crippen LogP contribution in [-0.4, -0.2) is 29.6 Å². The van der Waals surface area contributed by atoms with Gasteiger partial charge in [-0.15, -0.1) is 0 Å². The quantitative estimate of drug-likeness (QED) is 0.766. The summed E-state index contributed by atoms with van der Waals surface area (Å²) in [7, 11) is 3.01. The van der Waals surface area contributed by atoms with Crippen LogP contribution in [0.2, 0.25) is 0 Å². The number of ether oxygens (including phenoxy) is 1. The number of hydrogen-bond acceptors (Lipinski definition) is 4. The van der Waals surface area contributed by atoms with Crippen LogP contribution in [0.15, 0.2) is 12.3 Å². The first-order valence-corrected chi connectivity index (χ1v) is 5.67. The Morgan fingerprint density at radius 3 is 2.44 bits per heavy atom. The predicted molar refractivity (Wildman–Crippen MR) is 67.9 cm³/mol. The highest BCUT2D eigenvalue weighted by molar-refractivity contribution is 5.96. The highest BCUT2D eigenvalue weighted by Crippen LogP contribution is 2.10. The van der Waals surface area contributed by atoms with E-state index >= 15 is 0 Å². The number of amides is 1. The van der Waals surface area contributed by atoms with E-state index in [-0.39, 0.29) is 11.8 Å². The van der Waals surface area contributed by atoms with Crippen molar-refractivity contribution in [1.29, 1.82) is 0 Å². The molecule has 1 unspecified atom stereocenters. The van der Waals surface area contributed by atoms with Gasteiger partial charge in [0.15, 0.2) is 0 Å². The van der Waals surface area contributed by atoms with Crippen molar-refractivity contribution >= 4 is 17.6 Å². The van der Waals surface area contributed by atoms with E-state index in [0.29, 0.717) is 11.4 Å². The van der Waals surface area contributed by atoms with Crippen molar-refractivity contribution in [1.82, 2.24) is 9.88 Å². The summed E-state index contributed by atoms with van der Waals surface area (Å²) in [6.45, 7) is 3.67. The zero-order chi connectivity index (χ0) is 13.9. The Morgan fingerprint density at radius 1 is 1.44 bits per heavy atom. The van der Waals surface area contributed by atoms with Gasteiger partial charge in [-0.2, -0.15) is 0 Å². The number of aromatic nitrogens is 1. The second kappa shape index (κ2) is 5.57. The predicted octanol–water partition coefficient (Wildman–Crippen LogP) is 0.535. The number of nitrogens with zero attached hydrogens (tertiary/aromatic N) is 1. The molecular formula is C12H19N3O3. The van der Waals surface area contributed by atoms with Gasteiger partial charge in [0.1, 0.15) is 11.7 Å². The monoisotopic (exact) mass is 253 g/mol. The van der Waals surface area contributed by atoms with Gasteiger partial charge in [-0.25, -0.2) is 4.79 Å². The minimum absolute atomic E-state index is 0.0565. The van der Waals surface area contributed by atoms with E-state index in [1.165, 1.54) is 7.11 Å². The zero-order valence-electron chi connectivity index (χ0n) is 11.1. The number of carbonyl (C=O) groups is 2. The van der Waals surface area contributed by atoms with Gasteiger partial charge in [0, 0.05) is 13.2 Å². The molecule has 0 saturated heterocycles. The molecule has 0 saturated carbocycles. The Kier molecular flexibility index (Phi) is 4.36. The van der Waals surface area contributed by atoms with E-state index in [0.717, 1.165) is 0 Å². The third kappa shape index (κ3) is 3.03. The molecule has 100 valence electrons. The lowest BCUT2D eigenvalue weighted by Gasteiger charge is -2.19. The summed E-state index contributed by atoms with van der Waals surface area (Å²) in [6.07, 6.45) is 1.64. The molecule has 1 amide bonds.